The highest BCUT2D eigenvalue weighted by Crippen LogP contribution is 2.49. The highest BCUT2D eigenvalue weighted by Gasteiger charge is 2.36. The summed E-state index contributed by atoms with van der Waals surface area (Å²) in [4.78, 5) is 1.27. The summed E-state index contributed by atoms with van der Waals surface area (Å²) in [6.45, 7) is 2.22. The molecule has 3 aromatic carbocycles. The van der Waals surface area contributed by atoms with E-state index in [1.807, 2.05) is 11.8 Å². The second-order valence-corrected chi connectivity index (χ2v) is 7.69. The summed E-state index contributed by atoms with van der Waals surface area (Å²) in [5.41, 5.74) is 4.00. The van der Waals surface area contributed by atoms with Gasteiger partial charge in [0.25, 0.3) is 0 Å². The van der Waals surface area contributed by atoms with Crippen LogP contribution >= 0.6 is 11.8 Å². The second kappa shape index (κ2) is 5.82. The van der Waals surface area contributed by atoms with Gasteiger partial charge in [-0.05, 0) is 46.5 Å². The minimum absolute atomic E-state index is 0.118. The van der Waals surface area contributed by atoms with Crippen LogP contribution in [-0.2, 0) is 0 Å². The third-order valence-electron chi connectivity index (χ3n) is 5.06. The van der Waals surface area contributed by atoms with E-state index in [9.17, 15) is 0 Å². The van der Waals surface area contributed by atoms with Crippen molar-refractivity contribution in [2.45, 2.75) is 23.2 Å². The van der Waals surface area contributed by atoms with Gasteiger partial charge in [0.05, 0.1) is 10.1 Å². The third-order valence-corrected chi connectivity index (χ3v) is 6.49. The molecule has 0 spiro atoms. The molecule has 0 saturated carbocycles. The molecule has 3 aromatic rings. The fourth-order valence-electron chi connectivity index (χ4n) is 3.71. The minimum atomic E-state index is 0.118. The van der Waals surface area contributed by atoms with E-state index in [0.717, 1.165) is 5.75 Å². The predicted molar refractivity (Wildman–Crippen MR) is 106 cm³/mol. The van der Waals surface area contributed by atoms with E-state index in [0.29, 0.717) is 5.25 Å². The van der Waals surface area contributed by atoms with Gasteiger partial charge in [0.2, 0.25) is 0 Å². The van der Waals surface area contributed by atoms with Gasteiger partial charge in [-0.25, -0.2) is 0 Å². The van der Waals surface area contributed by atoms with Crippen molar-refractivity contribution < 1.29 is 4.74 Å². The van der Waals surface area contributed by atoms with Crippen LogP contribution in [0.5, 0.6) is 5.75 Å². The molecule has 1 aliphatic heterocycles. The Bertz CT molecular complexity index is 1020. The van der Waals surface area contributed by atoms with Gasteiger partial charge in [-0.3, -0.25) is 0 Å². The summed E-state index contributed by atoms with van der Waals surface area (Å²) >= 11 is 1.94. The van der Waals surface area contributed by atoms with Gasteiger partial charge in [0, 0.05) is 0 Å². The van der Waals surface area contributed by atoms with E-state index < -0.39 is 0 Å². The number of rotatable bonds is 1. The SMILES string of the molecule is C/C(=C1\C=C[C@H]2Oc3ccc4ccccc4c3S[C@@H]12)c1ccccc1. The number of allylic oxidation sites excluding steroid dienone is 2. The van der Waals surface area contributed by atoms with Crippen molar-refractivity contribution in [3.05, 3.63) is 90.0 Å². The molecule has 122 valence electrons. The highest BCUT2D eigenvalue weighted by atomic mass is 32.2. The molecule has 0 N–H and O–H groups in total. The average Bonchev–Trinajstić information content (AvgIpc) is 3.09. The van der Waals surface area contributed by atoms with Crippen molar-refractivity contribution in [1.29, 1.82) is 0 Å². The monoisotopic (exact) mass is 342 g/mol. The number of hydrogen-bond donors (Lipinski definition) is 0. The molecule has 0 unspecified atom stereocenters. The fourth-order valence-corrected chi connectivity index (χ4v) is 5.17. The summed E-state index contributed by atoms with van der Waals surface area (Å²) in [5.74, 6) is 1.01. The van der Waals surface area contributed by atoms with E-state index in [-0.39, 0.29) is 6.10 Å². The van der Waals surface area contributed by atoms with E-state index >= 15 is 0 Å². The molecule has 25 heavy (non-hydrogen) atoms. The first-order chi connectivity index (χ1) is 12.3. The van der Waals surface area contributed by atoms with Crippen LogP contribution in [0.15, 0.2) is 89.4 Å². The second-order valence-electron chi connectivity index (χ2n) is 6.54. The zero-order valence-corrected chi connectivity index (χ0v) is 14.8. The van der Waals surface area contributed by atoms with Gasteiger partial charge in [0.1, 0.15) is 11.9 Å². The van der Waals surface area contributed by atoms with Crippen LogP contribution in [0, 0.1) is 0 Å². The molecule has 2 aliphatic rings. The summed E-state index contributed by atoms with van der Waals surface area (Å²) in [5, 5.41) is 2.87. The number of benzene rings is 3. The molecule has 0 aromatic heterocycles. The number of thioether (sulfide) groups is 1. The maximum atomic E-state index is 6.34. The van der Waals surface area contributed by atoms with E-state index in [1.54, 1.807) is 0 Å². The van der Waals surface area contributed by atoms with Gasteiger partial charge < -0.3 is 4.74 Å². The molecule has 0 saturated heterocycles. The van der Waals surface area contributed by atoms with Gasteiger partial charge in [0.15, 0.2) is 0 Å². The van der Waals surface area contributed by atoms with Gasteiger partial charge >= 0.3 is 0 Å². The molecular formula is C23H18OS. The molecule has 5 rings (SSSR count). The normalized spacial score (nSPS) is 23.1. The summed E-state index contributed by atoms with van der Waals surface area (Å²) < 4.78 is 6.34. The Morgan fingerprint density at radius 3 is 2.60 bits per heavy atom. The van der Waals surface area contributed by atoms with Crippen LogP contribution in [0.25, 0.3) is 16.3 Å². The largest absolute Gasteiger partial charge is 0.484 e. The van der Waals surface area contributed by atoms with E-state index in [4.69, 9.17) is 4.74 Å². The lowest BCUT2D eigenvalue weighted by Gasteiger charge is -2.30. The molecule has 2 heteroatoms. The Balaban J connectivity index is 1.61. The zero-order valence-electron chi connectivity index (χ0n) is 14.0. The first-order valence-corrected chi connectivity index (χ1v) is 9.49. The van der Waals surface area contributed by atoms with Crippen LogP contribution in [-0.4, -0.2) is 11.4 Å². The third kappa shape index (κ3) is 2.40. The van der Waals surface area contributed by atoms with Crippen LogP contribution in [0.1, 0.15) is 12.5 Å². The lowest BCUT2D eigenvalue weighted by molar-refractivity contribution is 0.249. The highest BCUT2D eigenvalue weighted by molar-refractivity contribution is 8.00. The maximum absolute atomic E-state index is 6.34. The van der Waals surface area contributed by atoms with Crippen LogP contribution < -0.4 is 4.74 Å². The molecule has 0 amide bonds. The lowest BCUT2D eigenvalue weighted by atomic mass is 10.0. The van der Waals surface area contributed by atoms with Crippen molar-refractivity contribution in [3.8, 4) is 5.75 Å². The van der Waals surface area contributed by atoms with Gasteiger partial charge in [-0.15, -0.1) is 11.8 Å². The molecule has 1 aliphatic carbocycles. The zero-order chi connectivity index (χ0) is 16.8. The molecule has 1 nitrogen and oxygen atoms in total. The fraction of sp³-hybridized carbons (Fsp3) is 0.130. The van der Waals surface area contributed by atoms with E-state index in [1.165, 1.54) is 32.4 Å². The van der Waals surface area contributed by atoms with E-state index in [2.05, 4.69) is 85.8 Å². The van der Waals surface area contributed by atoms with Crippen molar-refractivity contribution >= 4 is 28.1 Å². The Hall–Kier alpha value is -2.45. The quantitative estimate of drug-likeness (QED) is 0.528. The van der Waals surface area contributed by atoms with Gasteiger partial charge in [-0.1, -0.05) is 66.7 Å². The Morgan fingerprint density at radius 2 is 1.72 bits per heavy atom. The lowest BCUT2D eigenvalue weighted by Crippen LogP contribution is -2.28. The molecular weight excluding hydrogens is 324 g/mol. The average molecular weight is 342 g/mol. The molecule has 1 heterocycles. The Kier molecular flexibility index (Phi) is 3.46. The maximum Gasteiger partial charge on any atom is 0.134 e. The topological polar surface area (TPSA) is 9.23 Å². The standard InChI is InChI=1S/C23H18OS/c1-15(16-7-3-2-4-8-16)18-12-14-21-22(18)25-23-19-10-6-5-9-17(19)11-13-20(23)24-21/h2-14,21-22H,1H3/b18-15-/t21-,22+/m1/s1. The minimum Gasteiger partial charge on any atom is -0.484 e. The molecule has 2 atom stereocenters. The molecule has 0 fully saturated rings. The number of hydrogen-bond acceptors (Lipinski definition) is 2. The first-order valence-electron chi connectivity index (χ1n) is 8.61. The molecule has 0 bridgehead atoms. The van der Waals surface area contributed by atoms with Crippen LogP contribution in [0.3, 0.4) is 0 Å². The number of ether oxygens (including phenoxy) is 1. The van der Waals surface area contributed by atoms with Crippen molar-refractivity contribution in [1.82, 2.24) is 0 Å². The Morgan fingerprint density at radius 1 is 0.920 bits per heavy atom. The summed E-state index contributed by atoms with van der Waals surface area (Å²) in [6.07, 6.45) is 4.57. The smallest absolute Gasteiger partial charge is 0.134 e. The summed E-state index contributed by atoms with van der Waals surface area (Å²) in [7, 11) is 0. The van der Waals surface area contributed by atoms with Crippen LogP contribution in [0.4, 0.5) is 0 Å². The van der Waals surface area contributed by atoms with Crippen LogP contribution in [0.2, 0.25) is 0 Å². The number of fused-ring (bicyclic) bond motifs is 4. The first kappa shape index (κ1) is 14.9. The van der Waals surface area contributed by atoms with Crippen molar-refractivity contribution in [2.24, 2.45) is 0 Å². The Labute approximate surface area is 152 Å². The van der Waals surface area contributed by atoms with Crippen molar-refractivity contribution in [2.75, 3.05) is 0 Å². The summed E-state index contributed by atoms with van der Waals surface area (Å²) in [6, 6.07) is 23.5. The van der Waals surface area contributed by atoms with Crippen molar-refractivity contribution in [3.63, 3.8) is 0 Å². The molecule has 0 radical (unpaired) electrons. The van der Waals surface area contributed by atoms with Gasteiger partial charge in [-0.2, -0.15) is 0 Å². The predicted octanol–water partition coefficient (Wildman–Crippen LogP) is 6.11.